The zero-order valence-electron chi connectivity index (χ0n) is 10.8. The molecular weight excluding hydrogens is 206 g/mol. The van der Waals surface area contributed by atoms with E-state index in [1.54, 1.807) is 0 Å². The Morgan fingerprint density at radius 3 is 2.59 bits per heavy atom. The molecule has 1 aliphatic carbocycles. The van der Waals surface area contributed by atoms with Gasteiger partial charge in [-0.3, -0.25) is 0 Å². The lowest BCUT2D eigenvalue weighted by atomic mass is 9.99. The van der Waals surface area contributed by atoms with E-state index in [0.29, 0.717) is 6.04 Å². The number of benzene rings is 1. The molecule has 0 amide bonds. The highest BCUT2D eigenvalue weighted by Gasteiger charge is 2.20. The van der Waals surface area contributed by atoms with Crippen LogP contribution in [0.15, 0.2) is 36.9 Å². The maximum atomic E-state index is 4.16. The van der Waals surface area contributed by atoms with Gasteiger partial charge in [0.1, 0.15) is 0 Å². The van der Waals surface area contributed by atoms with Gasteiger partial charge in [0, 0.05) is 12.6 Å². The second-order valence-corrected chi connectivity index (χ2v) is 5.18. The summed E-state index contributed by atoms with van der Waals surface area (Å²) in [5.74, 6) is 0.874. The van der Waals surface area contributed by atoms with Crippen LogP contribution in [0.25, 0.3) is 5.57 Å². The fraction of sp³-hybridized carbons (Fsp3) is 0.500. The minimum Gasteiger partial charge on any atom is -0.310 e. The molecule has 2 rings (SSSR count). The highest BCUT2D eigenvalue weighted by atomic mass is 14.9. The predicted octanol–water partition coefficient (Wildman–Crippen LogP) is 3.87. The third-order valence-electron chi connectivity index (χ3n) is 3.93. The van der Waals surface area contributed by atoms with Crippen molar-refractivity contribution in [3.8, 4) is 0 Å². The SMILES string of the molecule is C=C(CN[C@@H](C)C1CCCC1)c1ccccc1. The molecule has 1 fully saturated rings. The number of rotatable bonds is 5. The van der Waals surface area contributed by atoms with Gasteiger partial charge in [0.05, 0.1) is 0 Å². The fourth-order valence-corrected chi connectivity index (χ4v) is 2.68. The van der Waals surface area contributed by atoms with E-state index in [4.69, 9.17) is 0 Å². The van der Waals surface area contributed by atoms with Crippen molar-refractivity contribution in [3.63, 3.8) is 0 Å². The first-order valence-electron chi connectivity index (χ1n) is 6.74. The van der Waals surface area contributed by atoms with Crippen LogP contribution in [-0.2, 0) is 0 Å². The van der Waals surface area contributed by atoms with Crippen molar-refractivity contribution < 1.29 is 0 Å². The lowest BCUT2D eigenvalue weighted by molar-refractivity contribution is 0.396. The Hall–Kier alpha value is -1.08. The Morgan fingerprint density at radius 1 is 1.29 bits per heavy atom. The molecule has 1 saturated carbocycles. The first kappa shape index (κ1) is 12.4. The van der Waals surface area contributed by atoms with Crippen molar-refractivity contribution in [2.45, 2.75) is 38.6 Å². The van der Waals surface area contributed by atoms with E-state index in [1.165, 1.54) is 36.8 Å². The topological polar surface area (TPSA) is 12.0 Å². The minimum absolute atomic E-state index is 0.623. The quantitative estimate of drug-likeness (QED) is 0.808. The molecule has 0 saturated heterocycles. The number of hydrogen-bond donors (Lipinski definition) is 1. The standard InChI is InChI=1S/C16H23N/c1-13(15-8-4-3-5-9-15)12-17-14(2)16-10-6-7-11-16/h3-5,8-9,14,16-17H,1,6-7,10-12H2,2H3/t14-/m0/s1. The van der Waals surface area contributed by atoms with E-state index < -0.39 is 0 Å². The number of nitrogens with one attached hydrogen (secondary N) is 1. The maximum absolute atomic E-state index is 4.16. The van der Waals surface area contributed by atoms with Gasteiger partial charge in [0.2, 0.25) is 0 Å². The summed E-state index contributed by atoms with van der Waals surface area (Å²) < 4.78 is 0. The molecule has 1 heteroatoms. The molecule has 1 aromatic carbocycles. The molecule has 0 aromatic heterocycles. The van der Waals surface area contributed by atoms with E-state index >= 15 is 0 Å². The van der Waals surface area contributed by atoms with E-state index in [2.05, 4.69) is 43.1 Å². The molecule has 0 aliphatic heterocycles. The molecule has 1 atom stereocenters. The molecule has 0 heterocycles. The second-order valence-electron chi connectivity index (χ2n) is 5.18. The maximum Gasteiger partial charge on any atom is 0.0208 e. The van der Waals surface area contributed by atoms with Crippen LogP contribution in [0, 0.1) is 5.92 Å². The molecule has 1 aromatic rings. The van der Waals surface area contributed by atoms with Gasteiger partial charge < -0.3 is 5.32 Å². The lowest BCUT2D eigenvalue weighted by Crippen LogP contribution is -2.33. The smallest absolute Gasteiger partial charge is 0.0208 e. The third kappa shape index (κ3) is 3.44. The Morgan fingerprint density at radius 2 is 1.94 bits per heavy atom. The van der Waals surface area contributed by atoms with Crippen molar-refractivity contribution in [3.05, 3.63) is 42.5 Å². The molecule has 1 aliphatic rings. The van der Waals surface area contributed by atoms with Crippen molar-refractivity contribution >= 4 is 5.57 Å². The van der Waals surface area contributed by atoms with Gasteiger partial charge in [-0.05, 0) is 36.8 Å². The summed E-state index contributed by atoms with van der Waals surface area (Å²) in [6.07, 6.45) is 5.62. The first-order chi connectivity index (χ1) is 8.27. The molecule has 92 valence electrons. The number of hydrogen-bond acceptors (Lipinski definition) is 1. The highest BCUT2D eigenvalue weighted by molar-refractivity contribution is 5.64. The average Bonchev–Trinajstić information content (AvgIpc) is 2.90. The van der Waals surface area contributed by atoms with Crippen LogP contribution in [0.5, 0.6) is 0 Å². The summed E-state index contributed by atoms with van der Waals surface area (Å²) in [5, 5.41) is 3.62. The summed E-state index contributed by atoms with van der Waals surface area (Å²) in [6, 6.07) is 11.1. The molecular formula is C16H23N. The largest absolute Gasteiger partial charge is 0.310 e. The van der Waals surface area contributed by atoms with Crippen LogP contribution in [0.3, 0.4) is 0 Å². The minimum atomic E-state index is 0.623. The summed E-state index contributed by atoms with van der Waals surface area (Å²) in [6.45, 7) is 7.38. The van der Waals surface area contributed by atoms with E-state index in [9.17, 15) is 0 Å². The zero-order chi connectivity index (χ0) is 12.1. The Labute approximate surface area is 105 Å². The van der Waals surface area contributed by atoms with Gasteiger partial charge in [0.25, 0.3) is 0 Å². The molecule has 1 nitrogen and oxygen atoms in total. The van der Waals surface area contributed by atoms with Crippen molar-refractivity contribution in [2.75, 3.05) is 6.54 Å². The van der Waals surface area contributed by atoms with Crippen LogP contribution in [0.4, 0.5) is 0 Å². The highest BCUT2D eigenvalue weighted by Crippen LogP contribution is 2.27. The summed E-state index contributed by atoms with van der Waals surface area (Å²) in [4.78, 5) is 0. The van der Waals surface area contributed by atoms with Gasteiger partial charge in [-0.1, -0.05) is 49.8 Å². The second kappa shape index (κ2) is 6.02. The molecule has 0 unspecified atom stereocenters. The average molecular weight is 229 g/mol. The van der Waals surface area contributed by atoms with E-state index in [1.807, 2.05) is 6.07 Å². The Kier molecular flexibility index (Phi) is 4.38. The van der Waals surface area contributed by atoms with E-state index in [-0.39, 0.29) is 0 Å². The molecule has 0 radical (unpaired) electrons. The predicted molar refractivity (Wildman–Crippen MR) is 74.9 cm³/mol. The van der Waals surface area contributed by atoms with Crippen LogP contribution in [-0.4, -0.2) is 12.6 Å². The van der Waals surface area contributed by atoms with Gasteiger partial charge >= 0.3 is 0 Å². The zero-order valence-corrected chi connectivity index (χ0v) is 10.8. The summed E-state index contributed by atoms with van der Waals surface area (Å²) in [7, 11) is 0. The molecule has 17 heavy (non-hydrogen) atoms. The van der Waals surface area contributed by atoms with Crippen molar-refractivity contribution in [1.82, 2.24) is 5.32 Å². The van der Waals surface area contributed by atoms with Gasteiger partial charge in [0.15, 0.2) is 0 Å². The third-order valence-corrected chi connectivity index (χ3v) is 3.93. The molecule has 0 spiro atoms. The van der Waals surface area contributed by atoms with Gasteiger partial charge in [-0.15, -0.1) is 0 Å². The summed E-state index contributed by atoms with van der Waals surface area (Å²) in [5.41, 5.74) is 2.44. The van der Waals surface area contributed by atoms with Crippen LogP contribution in [0.2, 0.25) is 0 Å². The van der Waals surface area contributed by atoms with Crippen LogP contribution < -0.4 is 5.32 Å². The molecule has 0 bridgehead atoms. The van der Waals surface area contributed by atoms with E-state index in [0.717, 1.165) is 12.5 Å². The normalized spacial score (nSPS) is 18.2. The monoisotopic (exact) mass is 229 g/mol. The van der Waals surface area contributed by atoms with Crippen molar-refractivity contribution in [1.29, 1.82) is 0 Å². The first-order valence-corrected chi connectivity index (χ1v) is 6.74. The van der Waals surface area contributed by atoms with Crippen LogP contribution in [0.1, 0.15) is 38.2 Å². The Balaban J connectivity index is 1.80. The fourth-order valence-electron chi connectivity index (χ4n) is 2.68. The molecule has 1 N–H and O–H groups in total. The van der Waals surface area contributed by atoms with Gasteiger partial charge in [-0.2, -0.15) is 0 Å². The lowest BCUT2D eigenvalue weighted by Gasteiger charge is -2.21. The van der Waals surface area contributed by atoms with Crippen LogP contribution >= 0.6 is 0 Å². The van der Waals surface area contributed by atoms with Crippen molar-refractivity contribution in [2.24, 2.45) is 5.92 Å². The Bertz CT molecular complexity index is 349. The summed E-state index contributed by atoms with van der Waals surface area (Å²) >= 11 is 0. The van der Waals surface area contributed by atoms with Gasteiger partial charge in [-0.25, -0.2) is 0 Å².